The van der Waals surface area contributed by atoms with E-state index in [-0.39, 0.29) is 5.69 Å². The molecule has 0 aliphatic carbocycles. The SMILES string of the molecule is C[n+]1cc2cccc3ccn(c1=O)c32. The molecule has 0 unspecified atom stereocenters. The van der Waals surface area contributed by atoms with E-state index >= 15 is 0 Å². The third-order valence-corrected chi connectivity index (χ3v) is 2.58. The van der Waals surface area contributed by atoms with E-state index in [9.17, 15) is 4.79 Å². The lowest BCUT2D eigenvalue weighted by Gasteiger charge is -1.95. The van der Waals surface area contributed by atoms with Crippen LogP contribution in [-0.2, 0) is 7.05 Å². The van der Waals surface area contributed by atoms with Crippen molar-refractivity contribution in [3.63, 3.8) is 0 Å². The summed E-state index contributed by atoms with van der Waals surface area (Å²) in [6, 6.07) is 8.00. The lowest BCUT2D eigenvalue weighted by atomic mass is 10.2. The molecule has 3 rings (SSSR count). The van der Waals surface area contributed by atoms with Crippen LogP contribution >= 0.6 is 0 Å². The molecule has 0 saturated carbocycles. The first-order chi connectivity index (χ1) is 6.77. The molecule has 1 aromatic carbocycles. The Bertz CT molecular complexity index is 669. The topological polar surface area (TPSA) is 25.4 Å². The van der Waals surface area contributed by atoms with E-state index in [2.05, 4.69) is 0 Å². The molecule has 0 saturated heterocycles. The highest BCUT2D eigenvalue weighted by Gasteiger charge is 2.13. The summed E-state index contributed by atoms with van der Waals surface area (Å²) in [6.07, 6.45) is 3.69. The molecule has 3 nitrogen and oxygen atoms in total. The molecule has 3 aromatic rings. The first-order valence-electron chi connectivity index (χ1n) is 4.49. The Kier molecular flexibility index (Phi) is 1.24. The minimum absolute atomic E-state index is 0.00120. The Labute approximate surface area is 80.2 Å². The molecule has 0 bridgehead atoms. The van der Waals surface area contributed by atoms with Gasteiger partial charge in [-0.25, -0.2) is 0 Å². The van der Waals surface area contributed by atoms with Crippen LogP contribution in [-0.4, -0.2) is 4.40 Å². The van der Waals surface area contributed by atoms with Crippen molar-refractivity contribution >= 4 is 16.3 Å². The molecule has 0 amide bonds. The van der Waals surface area contributed by atoms with E-state index in [1.165, 1.54) is 0 Å². The molecule has 0 fully saturated rings. The average molecular weight is 185 g/mol. The first kappa shape index (κ1) is 7.50. The Hall–Kier alpha value is -1.90. The van der Waals surface area contributed by atoms with E-state index in [0.717, 1.165) is 16.3 Å². The van der Waals surface area contributed by atoms with Crippen molar-refractivity contribution in [2.45, 2.75) is 0 Å². The summed E-state index contributed by atoms with van der Waals surface area (Å²) in [6.45, 7) is 0. The fraction of sp³-hybridized carbons (Fsp3) is 0.0909. The quantitative estimate of drug-likeness (QED) is 0.474. The van der Waals surface area contributed by atoms with Crippen molar-refractivity contribution in [2.24, 2.45) is 7.05 Å². The smallest absolute Gasteiger partial charge is 0.200 e. The summed E-state index contributed by atoms with van der Waals surface area (Å²) < 4.78 is 3.28. The molecule has 0 spiro atoms. The van der Waals surface area contributed by atoms with Gasteiger partial charge in [0, 0.05) is 5.39 Å². The van der Waals surface area contributed by atoms with Crippen LogP contribution in [0.1, 0.15) is 0 Å². The maximum Gasteiger partial charge on any atom is 0.502 e. The highest BCUT2D eigenvalue weighted by Crippen LogP contribution is 2.18. The molecular formula is C11H9N2O+. The Morgan fingerprint density at radius 2 is 2.00 bits per heavy atom. The number of aryl methyl sites for hydroxylation is 1. The molecule has 0 aliphatic rings. The maximum atomic E-state index is 11.7. The van der Waals surface area contributed by atoms with Gasteiger partial charge in [0.2, 0.25) is 0 Å². The largest absolute Gasteiger partial charge is 0.502 e. The summed E-state index contributed by atoms with van der Waals surface area (Å²) in [5, 5.41) is 2.20. The lowest BCUT2D eigenvalue weighted by Crippen LogP contribution is -2.48. The average Bonchev–Trinajstić information content (AvgIpc) is 2.60. The minimum Gasteiger partial charge on any atom is -0.200 e. The van der Waals surface area contributed by atoms with Crippen molar-refractivity contribution in [3.05, 3.63) is 47.1 Å². The van der Waals surface area contributed by atoms with Crippen LogP contribution in [0.15, 0.2) is 41.5 Å². The zero-order valence-electron chi connectivity index (χ0n) is 7.77. The third-order valence-electron chi connectivity index (χ3n) is 2.58. The molecule has 2 aromatic heterocycles. The first-order valence-corrected chi connectivity index (χ1v) is 4.49. The van der Waals surface area contributed by atoms with Crippen LogP contribution < -0.4 is 10.3 Å². The monoisotopic (exact) mass is 185 g/mol. The predicted molar refractivity (Wildman–Crippen MR) is 53.5 cm³/mol. The number of hydrogen-bond acceptors (Lipinski definition) is 1. The van der Waals surface area contributed by atoms with Crippen molar-refractivity contribution < 1.29 is 4.57 Å². The second-order valence-corrected chi connectivity index (χ2v) is 3.49. The summed E-state index contributed by atoms with van der Waals surface area (Å²) in [7, 11) is 1.77. The molecule has 3 heteroatoms. The van der Waals surface area contributed by atoms with E-state index < -0.39 is 0 Å². The third kappa shape index (κ3) is 0.763. The van der Waals surface area contributed by atoms with Crippen LogP contribution in [0.25, 0.3) is 16.3 Å². The van der Waals surface area contributed by atoms with Crippen LogP contribution in [0.5, 0.6) is 0 Å². The van der Waals surface area contributed by atoms with E-state index in [0.29, 0.717) is 0 Å². The Balaban J connectivity index is 2.78. The van der Waals surface area contributed by atoms with Gasteiger partial charge in [-0.05, 0) is 12.1 Å². The number of benzene rings is 1. The predicted octanol–water partition coefficient (Wildman–Crippen LogP) is 0.715. The van der Waals surface area contributed by atoms with Crippen molar-refractivity contribution in [3.8, 4) is 0 Å². The van der Waals surface area contributed by atoms with Crippen molar-refractivity contribution in [1.29, 1.82) is 0 Å². The van der Waals surface area contributed by atoms with E-state index in [4.69, 9.17) is 0 Å². The molecule has 68 valence electrons. The number of para-hydroxylation sites is 1. The van der Waals surface area contributed by atoms with Gasteiger partial charge < -0.3 is 0 Å². The summed E-state index contributed by atoms with van der Waals surface area (Å²) in [5.41, 5.74) is 1.01. The van der Waals surface area contributed by atoms with Crippen LogP contribution in [0.4, 0.5) is 0 Å². The lowest BCUT2D eigenvalue weighted by molar-refractivity contribution is -0.688. The van der Waals surface area contributed by atoms with Gasteiger partial charge in [-0.1, -0.05) is 12.1 Å². The number of aromatic nitrogens is 2. The highest BCUT2D eigenvalue weighted by molar-refractivity contribution is 5.95. The van der Waals surface area contributed by atoms with Gasteiger partial charge in [0.05, 0.1) is 12.4 Å². The van der Waals surface area contributed by atoms with Gasteiger partial charge in [-0.2, -0.15) is 13.8 Å². The van der Waals surface area contributed by atoms with Gasteiger partial charge >= 0.3 is 5.69 Å². The Morgan fingerprint density at radius 3 is 2.86 bits per heavy atom. The molecule has 14 heavy (non-hydrogen) atoms. The van der Waals surface area contributed by atoms with Crippen LogP contribution in [0.3, 0.4) is 0 Å². The summed E-state index contributed by atoms with van der Waals surface area (Å²) in [5.74, 6) is 0. The zero-order valence-corrected chi connectivity index (χ0v) is 7.77. The zero-order chi connectivity index (χ0) is 9.71. The van der Waals surface area contributed by atoms with Gasteiger partial charge in [-0.3, -0.25) is 0 Å². The second-order valence-electron chi connectivity index (χ2n) is 3.49. The minimum atomic E-state index is -0.00120. The van der Waals surface area contributed by atoms with Gasteiger partial charge in [0.15, 0.2) is 5.52 Å². The standard InChI is InChI=1S/C11H9N2O/c1-12-7-9-4-2-3-8-5-6-13(10(8)9)11(12)14/h2-7H,1H3/q+1. The van der Waals surface area contributed by atoms with Crippen molar-refractivity contribution in [1.82, 2.24) is 4.40 Å². The van der Waals surface area contributed by atoms with Gasteiger partial charge in [0.1, 0.15) is 12.4 Å². The summed E-state index contributed by atoms with van der Waals surface area (Å²) >= 11 is 0. The number of rotatable bonds is 0. The molecule has 0 N–H and O–H groups in total. The van der Waals surface area contributed by atoms with E-state index in [1.807, 2.05) is 36.7 Å². The van der Waals surface area contributed by atoms with E-state index in [1.54, 1.807) is 16.0 Å². The molecule has 0 aliphatic heterocycles. The fourth-order valence-electron chi connectivity index (χ4n) is 1.92. The molecule has 0 atom stereocenters. The summed E-state index contributed by atoms with van der Waals surface area (Å²) in [4.78, 5) is 11.7. The van der Waals surface area contributed by atoms with Crippen LogP contribution in [0, 0.1) is 0 Å². The Morgan fingerprint density at radius 1 is 1.21 bits per heavy atom. The normalized spacial score (nSPS) is 11.5. The maximum absolute atomic E-state index is 11.7. The molecule has 0 radical (unpaired) electrons. The highest BCUT2D eigenvalue weighted by atomic mass is 16.1. The van der Waals surface area contributed by atoms with Crippen LogP contribution in [0.2, 0.25) is 0 Å². The second kappa shape index (κ2) is 2.32. The van der Waals surface area contributed by atoms with Gasteiger partial charge in [0.25, 0.3) is 0 Å². The van der Waals surface area contributed by atoms with Gasteiger partial charge in [-0.15, -0.1) is 0 Å². The molecule has 2 heterocycles. The fourth-order valence-corrected chi connectivity index (χ4v) is 1.92. The molecular weight excluding hydrogens is 176 g/mol. The number of hydrogen-bond donors (Lipinski definition) is 0. The number of nitrogens with zero attached hydrogens (tertiary/aromatic N) is 2. The van der Waals surface area contributed by atoms with Crippen molar-refractivity contribution in [2.75, 3.05) is 0 Å².